The van der Waals surface area contributed by atoms with E-state index in [1.54, 1.807) is 17.8 Å². The fourth-order valence-electron chi connectivity index (χ4n) is 1.81. The highest BCUT2D eigenvalue weighted by Crippen LogP contribution is 2.21. The van der Waals surface area contributed by atoms with E-state index in [0.29, 0.717) is 23.4 Å². The lowest BCUT2D eigenvalue weighted by molar-refractivity contribution is 0.133. The monoisotopic (exact) mass is 237 g/mol. The number of imidazole rings is 1. The maximum atomic E-state index is 9.38. The quantitative estimate of drug-likeness (QED) is 0.674. The summed E-state index contributed by atoms with van der Waals surface area (Å²) in [7, 11) is 0. The fourth-order valence-corrected chi connectivity index (χ4v) is 1.81. The number of nitrogens with zero attached hydrogens (tertiary/aromatic N) is 4. The molecule has 0 radical (unpaired) electrons. The van der Waals surface area contributed by atoms with Crippen molar-refractivity contribution in [2.75, 3.05) is 12.3 Å². The first-order valence-electron chi connectivity index (χ1n) is 5.35. The summed E-state index contributed by atoms with van der Waals surface area (Å²) >= 11 is 0. The Morgan fingerprint density at radius 1 is 1.41 bits per heavy atom. The van der Waals surface area contributed by atoms with Crippen molar-refractivity contribution in [2.45, 2.75) is 25.5 Å². The normalized spacial score (nSPS) is 15.0. The number of aliphatic hydroxyl groups excluding tert-OH is 2. The number of rotatable bonds is 4. The number of hydrogen-bond acceptors (Lipinski definition) is 6. The van der Waals surface area contributed by atoms with Crippen LogP contribution in [0.3, 0.4) is 0 Å². The maximum absolute atomic E-state index is 9.38. The van der Waals surface area contributed by atoms with Crippen molar-refractivity contribution in [1.29, 1.82) is 0 Å². The summed E-state index contributed by atoms with van der Waals surface area (Å²) in [4.78, 5) is 12.1. The zero-order chi connectivity index (χ0) is 12.4. The summed E-state index contributed by atoms with van der Waals surface area (Å²) in [5.41, 5.74) is 6.75. The molecular weight excluding hydrogens is 222 g/mol. The van der Waals surface area contributed by atoms with E-state index in [-0.39, 0.29) is 12.6 Å². The minimum atomic E-state index is -0.510. The Kier molecular flexibility index (Phi) is 3.21. The molecule has 2 aromatic rings. The molecule has 4 N–H and O–H groups in total. The van der Waals surface area contributed by atoms with E-state index < -0.39 is 6.10 Å². The van der Waals surface area contributed by atoms with Crippen molar-refractivity contribution >= 4 is 17.0 Å². The lowest BCUT2D eigenvalue weighted by Crippen LogP contribution is -2.18. The molecule has 0 saturated heterocycles. The van der Waals surface area contributed by atoms with Gasteiger partial charge in [0.25, 0.3) is 0 Å². The van der Waals surface area contributed by atoms with Crippen LogP contribution in [0.2, 0.25) is 0 Å². The molecule has 0 spiro atoms. The molecule has 17 heavy (non-hydrogen) atoms. The largest absolute Gasteiger partial charge is 0.394 e. The summed E-state index contributed by atoms with van der Waals surface area (Å²) in [6.45, 7) is 1.57. The lowest BCUT2D eigenvalue weighted by atomic mass is 10.1. The van der Waals surface area contributed by atoms with Crippen molar-refractivity contribution in [3.05, 3.63) is 12.7 Å². The van der Waals surface area contributed by atoms with Crippen molar-refractivity contribution in [3.8, 4) is 0 Å². The molecule has 0 aliphatic carbocycles. The van der Waals surface area contributed by atoms with Gasteiger partial charge in [-0.15, -0.1) is 0 Å². The van der Waals surface area contributed by atoms with Crippen LogP contribution in [0.5, 0.6) is 0 Å². The smallest absolute Gasteiger partial charge is 0.165 e. The number of aromatic nitrogens is 4. The van der Waals surface area contributed by atoms with Crippen LogP contribution >= 0.6 is 0 Å². The molecule has 0 fully saturated rings. The highest BCUT2D eigenvalue weighted by Gasteiger charge is 2.17. The van der Waals surface area contributed by atoms with Crippen LogP contribution < -0.4 is 5.73 Å². The molecule has 2 aromatic heterocycles. The zero-order valence-electron chi connectivity index (χ0n) is 9.48. The first kappa shape index (κ1) is 11.7. The van der Waals surface area contributed by atoms with E-state index in [0.717, 1.165) is 0 Å². The van der Waals surface area contributed by atoms with Gasteiger partial charge in [0.15, 0.2) is 11.5 Å². The third kappa shape index (κ3) is 2.20. The Morgan fingerprint density at radius 2 is 2.18 bits per heavy atom. The van der Waals surface area contributed by atoms with Crippen molar-refractivity contribution < 1.29 is 10.2 Å². The van der Waals surface area contributed by atoms with Crippen LogP contribution in [0.4, 0.5) is 5.82 Å². The van der Waals surface area contributed by atoms with Crippen molar-refractivity contribution in [1.82, 2.24) is 19.5 Å². The summed E-state index contributed by atoms with van der Waals surface area (Å²) in [5.74, 6) is 0.308. The van der Waals surface area contributed by atoms with E-state index in [1.807, 2.05) is 0 Å². The molecule has 0 aliphatic rings. The Balaban J connectivity index is 2.44. The maximum Gasteiger partial charge on any atom is 0.165 e. The van der Waals surface area contributed by atoms with Crippen LogP contribution in [0.25, 0.3) is 11.2 Å². The molecule has 2 unspecified atom stereocenters. The average Bonchev–Trinajstić information content (AvgIpc) is 2.71. The fraction of sp³-hybridized carbons (Fsp3) is 0.500. The highest BCUT2D eigenvalue weighted by molar-refractivity contribution is 5.81. The van der Waals surface area contributed by atoms with Gasteiger partial charge in [0.1, 0.15) is 11.8 Å². The molecule has 2 rings (SSSR count). The first-order valence-corrected chi connectivity index (χ1v) is 5.35. The molecule has 0 saturated carbocycles. The molecule has 0 aromatic carbocycles. The van der Waals surface area contributed by atoms with E-state index in [2.05, 4.69) is 15.0 Å². The van der Waals surface area contributed by atoms with Gasteiger partial charge in [0.2, 0.25) is 0 Å². The minimum Gasteiger partial charge on any atom is -0.394 e. The van der Waals surface area contributed by atoms with Gasteiger partial charge >= 0.3 is 0 Å². The van der Waals surface area contributed by atoms with Gasteiger partial charge in [0, 0.05) is 0 Å². The number of anilines is 1. The van der Waals surface area contributed by atoms with Crippen LogP contribution in [0, 0.1) is 0 Å². The summed E-state index contributed by atoms with van der Waals surface area (Å²) in [6, 6.07) is -0.269. The van der Waals surface area contributed by atoms with Crippen molar-refractivity contribution in [2.24, 2.45) is 0 Å². The second-order valence-corrected chi connectivity index (χ2v) is 4.00. The standard InChI is InChI=1S/C10H15N5O2/c1-6(17)2-7(3-16)15-5-14-8-9(11)12-4-13-10(8)15/h4-7,16-17H,2-3H2,1H3,(H2,11,12,13). The second-order valence-electron chi connectivity index (χ2n) is 4.00. The summed E-state index contributed by atoms with van der Waals surface area (Å²) in [6.07, 6.45) is 2.82. The highest BCUT2D eigenvalue weighted by atomic mass is 16.3. The van der Waals surface area contributed by atoms with Gasteiger partial charge in [-0.05, 0) is 13.3 Å². The topological polar surface area (TPSA) is 110 Å². The number of fused-ring (bicyclic) bond motifs is 1. The third-order valence-corrected chi connectivity index (χ3v) is 2.60. The molecule has 2 atom stereocenters. The Labute approximate surface area is 97.9 Å². The predicted octanol–water partition coefficient (Wildman–Crippen LogP) is -0.287. The predicted molar refractivity (Wildman–Crippen MR) is 62.2 cm³/mol. The molecule has 7 heteroatoms. The molecule has 92 valence electrons. The van der Waals surface area contributed by atoms with Gasteiger partial charge in [-0.2, -0.15) is 0 Å². The van der Waals surface area contributed by atoms with Gasteiger partial charge in [-0.1, -0.05) is 0 Å². The SMILES string of the molecule is CC(O)CC(CO)n1cnc2c(N)ncnc21. The third-order valence-electron chi connectivity index (χ3n) is 2.60. The summed E-state index contributed by atoms with van der Waals surface area (Å²) in [5, 5.41) is 18.7. The second kappa shape index (κ2) is 4.64. The molecule has 0 aliphatic heterocycles. The number of nitrogens with two attached hydrogens (primary N) is 1. The Hall–Kier alpha value is -1.73. The number of aliphatic hydroxyl groups is 2. The molecule has 0 amide bonds. The first-order chi connectivity index (χ1) is 8.13. The van der Waals surface area contributed by atoms with Crippen LogP contribution in [0.1, 0.15) is 19.4 Å². The molecular formula is C10H15N5O2. The number of nitrogen functional groups attached to an aromatic ring is 1. The molecule has 0 bridgehead atoms. The minimum absolute atomic E-state index is 0.0970. The molecule has 7 nitrogen and oxygen atoms in total. The van der Waals surface area contributed by atoms with Crippen molar-refractivity contribution in [3.63, 3.8) is 0 Å². The van der Waals surface area contributed by atoms with E-state index in [9.17, 15) is 10.2 Å². The lowest BCUT2D eigenvalue weighted by Gasteiger charge is -2.17. The van der Waals surface area contributed by atoms with E-state index >= 15 is 0 Å². The van der Waals surface area contributed by atoms with Crippen LogP contribution in [-0.2, 0) is 0 Å². The Morgan fingerprint density at radius 3 is 2.82 bits per heavy atom. The molecule has 2 heterocycles. The van der Waals surface area contributed by atoms with E-state index in [1.165, 1.54) is 6.33 Å². The zero-order valence-corrected chi connectivity index (χ0v) is 9.48. The Bertz CT molecular complexity index is 510. The van der Waals surface area contributed by atoms with E-state index in [4.69, 9.17) is 5.73 Å². The van der Waals surface area contributed by atoms with Gasteiger partial charge in [-0.3, -0.25) is 0 Å². The van der Waals surface area contributed by atoms with Crippen LogP contribution in [-0.4, -0.2) is 42.4 Å². The summed E-state index contributed by atoms with van der Waals surface area (Å²) < 4.78 is 1.71. The van der Waals surface area contributed by atoms with Gasteiger partial charge < -0.3 is 20.5 Å². The average molecular weight is 237 g/mol. The number of hydrogen-bond donors (Lipinski definition) is 3. The van der Waals surface area contributed by atoms with Gasteiger partial charge in [-0.25, -0.2) is 15.0 Å². The van der Waals surface area contributed by atoms with Gasteiger partial charge in [0.05, 0.1) is 25.1 Å². The van der Waals surface area contributed by atoms with Crippen LogP contribution in [0.15, 0.2) is 12.7 Å².